The van der Waals surface area contributed by atoms with Gasteiger partial charge < -0.3 is 5.32 Å². The third-order valence-electron chi connectivity index (χ3n) is 2.49. The zero-order valence-corrected chi connectivity index (χ0v) is 11.4. The van der Waals surface area contributed by atoms with E-state index in [2.05, 4.69) is 52.7 Å². The molecule has 0 aliphatic carbocycles. The van der Waals surface area contributed by atoms with Crippen LogP contribution in [0.25, 0.3) is 0 Å². The van der Waals surface area contributed by atoms with Crippen molar-refractivity contribution < 1.29 is 0 Å². The topological polar surface area (TPSA) is 12.0 Å². The summed E-state index contributed by atoms with van der Waals surface area (Å²) in [6, 6.07) is 0. The minimum absolute atomic E-state index is 0.413. The maximum atomic E-state index is 4.15. The fourth-order valence-corrected chi connectivity index (χ4v) is 1.47. The van der Waals surface area contributed by atoms with E-state index in [1.807, 2.05) is 13.0 Å². The van der Waals surface area contributed by atoms with Crippen LogP contribution in [-0.4, -0.2) is 0 Å². The van der Waals surface area contributed by atoms with E-state index in [4.69, 9.17) is 0 Å². The molecular formula is C15H25N. The molecule has 0 rings (SSSR count). The molecule has 90 valence electrons. The lowest BCUT2D eigenvalue weighted by atomic mass is 9.92. The molecule has 0 bridgehead atoms. The van der Waals surface area contributed by atoms with E-state index in [1.54, 1.807) is 0 Å². The van der Waals surface area contributed by atoms with Crippen LogP contribution >= 0.6 is 0 Å². The molecule has 0 aromatic carbocycles. The summed E-state index contributed by atoms with van der Waals surface area (Å²) in [4.78, 5) is 0. The van der Waals surface area contributed by atoms with Crippen LogP contribution in [0, 0.1) is 11.8 Å². The Kier molecular flexibility index (Phi) is 5.87. The van der Waals surface area contributed by atoms with Crippen molar-refractivity contribution in [2.75, 3.05) is 0 Å². The molecule has 0 radical (unpaired) electrons. The van der Waals surface area contributed by atoms with Gasteiger partial charge in [0.2, 0.25) is 0 Å². The Bertz CT molecular complexity index is 316. The van der Waals surface area contributed by atoms with Crippen LogP contribution in [0.1, 0.15) is 34.6 Å². The van der Waals surface area contributed by atoms with Crippen molar-refractivity contribution in [3.63, 3.8) is 0 Å². The smallest absolute Gasteiger partial charge is 0.0445 e. The highest BCUT2D eigenvalue weighted by Gasteiger charge is 2.13. The first-order valence-corrected chi connectivity index (χ1v) is 5.79. The zero-order chi connectivity index (χ0) is 12.9. The quantitative estimate of drug-likeness (QED) is 0.652. The van der Waals surface area contributed by atoms with Crippen molar-refractivity contribution in [2.24, 2.45) is 11.8 Å². The Morgan fingerprint density at radius 1 is 1.06 bits per heavy atom. The Balaban J connectivity index is 5.44. The normalized spacial score (nSPS) is 12.4. The molecule has 0 heterocycles. The van der Waals surface area contributed by atoms with Crippen molar-refractivity contribution in [1.29, 1.82) is 0 Å². The highest BCUT2D eigenvalue weighted by atomic mass is 14.9. The molecule has 1 N–H and O–H groups in total. The molecule has 0 unspecified atom stereocenters. The lowest BCUT2D eigenvalue weighted by Crippen LogP contribution is -2.18. The van der Waals surface area contributed by atoms with Gasteiger partial charge in [0, 0.05) is 11.4 Å². The van der Waals surface area contributed by atoms with Gasteiger partial charge in [-0.2, -0.15) is 0 Å². The molecule has 0 amide bonds. The average Bonchev–Trinajstić information content (AvgIpc) is 2.14. The third-order valence-corrected chi connectivity index (χ3v) is 2.49. The average molecular weight is 219 g/mol. The predicted molar refractivity (Wildman–Crippen MR) is 74.0 cm³/mol. The van der Waals surface area contributed by atoms with Gasteiger partial charge in [0.1, 0.15) is 0 Å². The van der Waals surface area contributed by atoms with Crippen molar-refractivity contribution in [1.82, 2.24) is 5.32 Å². The maximum absolute atomic E-state index is 4.15. The molecular weight excluding hydrogens is 194 g/mol. The van der Waals surface area contributed by atoms with E-state index in [9.17, 15) is 0 Å². The molecule has 0 aromatic heterocycles. The summed E-state index contributed by atoms with van der Waals surface area (Å²) in [5.41, 5.74) is 4.30. The van der Waals surface area contributed by atoms with Crippen LogP contribution in [-0.2, 0) is 0 Å². The van der Waals surface area contributed by atoms with Gasteiger partial charge in [-0.05, 0) is 29.9 Å². The van der Waals surface area contributed by atoms with Gasteiger partial charge in [0.15, 0.2) is 0 Å². The van der Waals surface area contributed by atoms with Crippen LogP contribution < -0.4 is 5.32 Å². The SMILES string of the molecule is C=C/C(=C(/NC(=C)C)C(=C)C(C)C)C(C)C. The van der Waals surface area contributed by atoms with Crippen LogP contribution in [0.3, 0.4) is 0 Å². The summed E-state index contributed by atoms with van der Waals surface area (Å²) < 4.78 is 0. The van der Waals surface area contributed by atoms with Gasteiger partial charge in [-0.25, -0.2) is 0 Å². The summed E-state index contributed by atoms with van der Waals surface area (Å²) in [6.45, 7) is 22.5. The van der Waals surface area contributed by atoms with Crippen molar-refractivity contribution in [2.45, 2.75) is 34.6 Å². The van der Waals surface area contributed by atoms with Crippen LogP contribution in [0.2, 0.25) is 0 Å². The number of hydrogen-bond acceptors (Lipinski definition) is 1. The number of nitrogens with one attached hydrogen (secondary N) is 1. The number of rotatable bonds is 6. The molecule has 0 aliphatic heterocycles. The molecule has 0 aromatic rings. The van der Waals surface area contributed by atoms with Crippen molar-refractivity contribution in [3.8, 4) is 0 Å². The van der Waals surface area contributed by atoms with Crippen LogP contribution in [0.15, 0.2) is 48.4 Å². The zero-order valence-electron chi connectivity index (χ0n) is 11.4. The first-order valence-electron chi connectivity index (χ1n) is 5.79. The number of hydrogen-bond donors (Lipinski definition) is 1. The van der Waals surface area contributed by atoms with Crippen molar-refractivity contribution in [3.05, 3.63) is 48.4 Å². The lowest BCUT2D eigenvalue weighted by molar-refractivity contribution is 0.720. The Labute approximate surface area is 101 Å². The summed E-state index contributed by atoms with van der Waals surface area (Å²) in [5.74, 6) is 0.838. The Hall–Kier alpha value is -1.24. The third kappa shape index (κ3) is 4.09. The maximum Gasteiger partial charge on any atom is 0.0445 e. The first kappa shape index (κ1) is 14.8. The molecule has 0 aliphatic rings. The molecule has 0 spiro atoms. The van der Waals surface area contributed by atoms with Gasteiger partial charge in [-0.1, -0.05) is 53.5 Å². The van der Waals surface area contributed by atoms with Gasteiger partial charge in [-0.15, -0.1) is 0 Å². The molecule has 1 heteroatoms. The standard InChI is InChI=1S/C15H25N/c1-9-14(11(4)5)15(16-12(6)7)13(8)10(2)3/h9-11,16H,1,6,8H2,2-5,7H3/b15-14-. The summed E-state index contributed by atoms with van der Waals surface area (Å²) in [6.07, 6.45) is 1.91. The minimum atomic E-state index is 0.413. The van der Waals surface area contributed by atoms with E-state index >= 15 is 0 Å². The summed E-state index contributed by atoms with van der Waals surface area (Å²) >= 11 is 0. The molecule has 16 heavy (non-hydrogen) atoms. The highest BCUT2D eigenvalue weighted by molar-refractivity contribution is 5.40. The van der Waals surface area contributed by atoms with Crippen LogP contribution in [0.4, 0.5) is 0 Å². The fourth-order valence-electron chi connectivity index (χ4n) is 1.47. The van der Waals surface area contributed by atoms with Gasteiger partial charge >= 0.3 is 0 Å². The predicted octanol–water partition coefficient (Wildman–Crippen LogP) is 4.42. The summed E-state index contributed by atoms with van der Waals surface area (Å²) in [5, 5.41) is 3.31. The van der Waals surface area contributed by atoms with E-state index in [1.165, 1.54) is 5.57 Å². The molecule has 1 nitrogen and oxygen atoms in total. The largest absolute Gasteiger partial charge is 0.359 e. The van der Waals surface area contributed by atoms with Gasteiger partial charge in [0.05, 0.1) is 0 Å². The molecule has 0 saturated heterocycles. The van der Waals surface area contributed by atoms with Crippen LogP contribution in [0.5, 0.6) is 0 Å². The van der Waals surface area contributed by atoms with Crippen molar-refractivity contribution >= 4 is 0 Å². The highest BCUT2D eigenvalue weighted by Crippen LogP contribution is 2.24. The van der Waals surface area contributed by atoms with E-state index in [-0.39, 0.29) is 0 Å². The molecule has 0 atom stereocenters. The lowest BCUT2D eigenvalue weighted by Gasteiger charge is -2.21. The monoisotopic (exact) mass is 219 g/mol. The molecule has 0 fully saturated rings. The first-order chi connectivity index (χ1) is 7.31. The Morgan fingerprint density at radius 3 is 1.81 bits per heavy atom. The minimum Gasteiger partial charge on any atom is -0.359 e. The number of allylic oxidation sites excluding steroid dienone is 4. The van der Waals surface area contributed by atoms with Gasteiger partial charge in [0.25, 0.3) is 0 Å². The fraction of sp³-hybridized carbons (Fsp3) is 0.467. The molecule has 0 saturated carbocycles. The van der Waals surface area contributed by atoms with E-state index < -0.39 is 0 Å². The second-order valence-corrected chi connectivity index (χ2v) is 4.77. The van der Waals surface area contributed by atoms with E-state index in [0.717, 1.165) is 17.0 Å². The second-order valence-electron chi connectivity index (χ2n) is 4.77. The van der Waals surface area contributed by atoms with E-state index in [0.29, 0.717) is 11.8 Å². The second kappa shape index (κ2) is 6.37. The summed E-state index contributed by atoms with van der Waals surface area (Å²) in [7, 11) is 0. The Morgan fingerprint density at radius 2 is 1.56 bits per heavy atom. The van der Waals surface area contributed by atoms with Gasteiger partial charge in [-0.3, -0.25) is 0 Å².